The van der Waals surface area contributed by atoms with Crippen molar-refractivity contribution in [2.45, 2.75) is 6.42 Å². The zero-order chi connectivity index (χ0) is 21.0. The average Bonchev–Trinajstić information content (AvgIpc) is 2.73. The molecular formula is C20H19N3O6. The van der Waals surface area contributed by atoms with Gasteiger partial charge in [0.1, 0.15) is 23.0 Å². The molecule has 0 aliphatic heterocycles. The number of hydrogen-bond donors (Lipinski definition) is 2. The minimum absolute atomic E-state index is 0.263. The molecule has 0 bridgehead atoms. The molecule has 3 aromatic rings. The Hall–Kier alpha value is -3.88. The van der Waals surface area contributed by atoms with Crippen LogP contribution in [0, 0.1) is 0 Å². The molecule has 0 atom stereocenters. The van der Waals surface area contributed by atoms with E-state index >= 15 is 0 Å². The zero-order valence-corrected chi connectivity index (χ0v) is 16.1. The fourth-order valence-corrected chi connectivity index (χ4v) is 2.81. The Morgan fingerprint density at radius 2 is 1.83 bits per heavy atom. The molecule has 2 N–H and O–H groups in total. The van der Waals surface area contributed by atoms with E-state index in [-0.39, 0.29) is 12.3 Å². The van der Waals surface area contributed by atoms with Crippen molar-refractivity contribution >= 4 is 22.8 Å². The first kappa shape index (κ1) is 19.9. The van der Waals surface area contributed by atoms with Crippen molar-refractivity contribution in [3.05, 3.63) is 47.9 Å². The summed E-state index contributed by atoms with van der Waals surface area (Å²) in [7, 11) is 4.44. The maximum absolute atomic E-state index is 12.1. The van der Waals surface area contributed by atoms with E-state index in [1.165, 1.54) is 27.5 Å². The summed E-state index contributed by atoms with van der Waals surface area (Å²) in [6, 6.07) is 6.52. The van der Waals surface area contributed by atoms with Gasteiger partial charge in [0.05, 0.1) is 43.6 Å². The van der Waals surface area contributed by atoms with Gasteiger partial charge in [-0.25, -0.2) is 0 Å². The second-order valence-electron chi connectivity index (χ2n) is 5.95. The molecule has 1 aromatic carbocycles. The highest BCUT2D eigenvalue weighted by Gasteiger charge is 2.16. The molecule has 9 nitrogen and oxygen atoms in total. The SMILES string of the molecule is CNC(=O)c1cc2nccc(Oc3cnc(CC(=O)O)c(OC)c3)c2cc1OC. The van der Waals surface area contributed by atoms with Gasteiger partial charge >= 0.3 is 5.97 Å². The number of pyridine rings is 2. The Morgan fingerprint density at radius 3 is 2.48 bits per heavy atom. The van der Waals surface area contributed by atoms with Crippen molar-refractivity contribution in [3.8, 4) is 23.0 Å². The van der Waals surface area contributed by atoms with E-state index in [4.69, 9.17) is 19.3 Å². The number of aromatic nitrogens is 2. The summed E-state index contributed by atoms with van der Waals surface area (Å²) < 4.78 is 16.5. The number of carbonyl (C=O) groups excluding carboxylic acids is 1. The standard InChI is InChI=1S/C20H19N3O6/c1-21-20(26)13-7-14-12(8-17(13)27-2)16(4-5-22-14)29-11-6-18(28-3)15(23-10-11)9-19(24)25/h4-8,10H,9H2,1-3H3,(H,21,26)(H,24,25). The van der Waals surface area contributed by atoms with E-state index in [2.05, 4.69) is 15.3 Å². The first-order valence-corrected chi connectivity index (χ1v) is 8.58. The summed E-state index contributed by atoms with van der Waals surface area (Å²) in [4.78, 5) is 31.4. The van der Waals surface area contributed by atoms with E-state index in [1.807, 2.05) is 0 Å². The highest BCUT2D eigenvalue weighted by Crippen LogP contribution is 2.34. The average molecular weight is 397 g/mol. The molecule has 0 spiro atoms. The van der Waals surface area contributed by atoms with E-state index in [0.29, 0.717) is 45.2 Å². The van der Waals surface area contributed by atoms with Crippen LogP contribution in [0.25, 0.3) is 10.9 Å². The third-order valence-corrected chi connectivity index (χ3v) is 4.17. The fraction of sp³-hybridized carbons (Fsp3) is 0.200. The van der Waals surface area contributed by atoms with Gasteiger partial charge < -0.3 is 24.6 Å². The lowest BCUT2D eigenvalue weighted by molar-refractivity contribution is -0.136. The maximum atomic E-state index is 12.1. The lowest BCUT2D eigenvalue weighted by Crippen LogP contribution is -2.18. The number of amides is 1. The van der Waals surface area contributed by atoms with Crippen LogP contribution in [0.15, 0.2) is 36.7 Å². The molecule has 0 saturated heterocycles. The van der Waals surface area contributed by atoms with Gasteiger partial charge in [-0.15, -0.1) is 0 Å². The van der Waals surface area contributed by atoms with Crippen molar-refractivity contribution in [1.29, 1.82) is 0 Å². The van der Waals surface area contributed by atoms with Crippen molar-refractivity contribution in [2.75, 3.05) is 21.3 Å². The second-order valence-corrected chi connectivity index (χ2v) is 5.95. The van der Waals surface area contributed by atoms with Crippen LogP contribution in [-0.2, 0) is 11.2 Å². The summed E-state index contributed by atoms with van der Waals surface area (Å²) in [5.74, 6) is 0.206. The molecule has 150 valence electrons. The van der Waals surface area contributed by atoms with Gasteiger partial charge in [0, 0.05) is 24.7 Å². The van der Waals surface area contributed by atoms with Crippen LogP contribution >= 0.6 is 0 Å². The minimum atomic E-state index is -1.01. The second kappa shape index (κ2) is 8.42. The number of carbonyl (C=O) groups is 2. The Labute approximate surface area is 166 Å². The summed E-state index contributed by atoms with van der Waals surface area (Å²) >= 11 is 0. The molecule has 9 heteroatoms. The summed E-state index contributed by atoms with van der Waals surface area (Å²) in [6.07, 6.45) is 2.71. The molecule has 3 rings (SSSR count). The van der Waals surface area contributed by atoms with Crippen LogP contribution in [0.2, 0.25) is 0 Å². The summed E-state index contributed by atoms with van der Waals surface area (Å²) in [5, 5.41) is 12.2. The number of carboxylic acid groups (broad SMARTS) is 1. The highest BCUT2D eigenvalue weighted by atomic mass is 16.5. The van der Waals surface area contributed by atoms with Crippen molar-refractivity contribution in [1.82, 2.24) is 15.3 Å². The molecule has 0 unspecified atom stereocenters. The Morgan fingerprint density at radius 1 is 1.07 bits per heavy atom. The molecule has 0 saturated carbocycles. The first-order chi connectivity index (χ1) is 14.0. The van der Waals surface area contributed by atoms with E-state index in [9.17, 15) is 9.59 Å². The number of aliphatic carboxylic acids is 1. The molecule has 0 aliphatic rings. The normalized spacial score (nSPS) is 10.4. The Bertz CT molecular complexity index is 1080. The molecule has 0 aliphatic carbocycles. The van der Waals surface area contributed by atoms with Crippen LogP contribution < -0.4 is 19.5 Å². The van der Waals surface area contributed by atoms with E-state index in [0.717, 1.165) is 0 Å². The number of methoxy groups -OCH3 is 2. The van der Waals surface area contributed by atoms with Gasteiger partial charge in [-0.1, -0.05) is 0 Å². The summed E-state index contributed by atoms with van der Waals surface area (Å²) in [6.45, 7) is 0. The van der Waals surface area contributed by atoms with Gasteiger partial charge in [0.25, 0.3) is 5.91 Å². The number of rotatable bonds is 7. The smallest absolute Gasteiger partial charge is 0.309 e. The number of ether oxygens (including phenoxy) is 3. The van der Waals surface area contributed by atoms with Gasteiger partial charge in [0.2, 0.25) is 0 Å². The molecule has 1 amide bonds. The number of carboxylic acids is 1. The number of benzene rings is 1. The number of hydrogen-bond acceptors (Lipinski definition) is 7. The first-order valence-electron chi connectivity index (χ1n) is 8.58. The topological polar surface area (TPSA) is 120 Å². The molecule has 0 fully saturated rings. The third kappa shape index (κ3) is 4.18. The predicted molar refractivity (Wildman–Crippen MR) is 104 cm³/mol. The van der Waals surface area contributed by atoms with E-state index < -0.39 is 5.97 Å². The number of nitrogens with one attached hydrogen (secondary N) is 1. The molecule has 2 heterocycles. The monoisotopic (exact) mass is 397 g/mol. The van der Waals surface area contributed by atoms with E-state index in [1.54, 1.807) is 30.5 Å². The number of nitrogens with zero attached hydrogens (tertiary/aromatic N) is 2. The van der Waals surface area contributed by atoms with Gasteiger partial charge in [-0.3, -0.25) is 19.6 Å². The molecular weight excluding hydrogens is 378 g/mol. The molecule has 0 radical (unpaired) electrons. The highest BCUT2D eigenvalue weighted by molar-refractivity contribution is 6.01. The van der Waals surface area contributed by atoms with Crippen molar-refractivity contribution < 1.29 is 28.9 Å². The van der Waals surface area contributed by atoms with Crippen molar-refractivity contribution in [2.24, 2.45) is 0 Å². The fourth-order valence-electron chi connectivity index (χ4n) is 2.81. The lowest BCUT2D eigenvalue weighted by atomic mass is 10.1. The number of fused-ring (bicyclic) bond motifs is 1. The Kier molecular flexibility index (Phi) is 5.77. The van der Waals surface area contributed by atoms with Gasteiger partial charge in [0.15, 0.2) is 0 Å². The molecule has 29 heavy (non-hydrogen) atoms. The quantitative estimate of drug-likeness (QED) is 0.624. The van der Waals surface area contributed by atoms with Crippen LogP contribution in [0.4, 0.5) is 0 Å². The maximum Gasteiger partial charge on any atom is 0.309 e. The van der Waals surface area contributed by atoms with Crippen LogP contribution in [-0.4, -0.2) is 48.2 Å². The summed E-state index contributed by atoms with van der Waals surface area (Å²) in [5.41, 5.74) is 1.20. The van der Waals surface area contributed by atoms with Gasteiger partial charge in [-0.05, 0) is 18.2 Å². The zero-order valence-electron chi connectivity index (χ0n) is 16.1. The lowest BCUT2D eigenvalue weighted by Gasteiger charge is -2.13. The Balaban J connectivity index is 2.02. The molecule has 2 aromatic heterocycles. The van der Waals surface area contributed by atoms with Crippen LogP contribution in [0.5, 0.6) is 23.0 Å². The third-order valence-electron chi connectivity index (χ3n) is 4.17. The van der Waals surface area contributed by atoms with Crippen molar-refractivity contribution in [3.63, 3.8) is 0 Å². The predicted octanol–water partition coefficient (Wildman–Crippen LogP) is 2.43. The largest absolute Gasteiger partial charge is 0.496 e. The van der Waals surface area contributed by atoms with Crippen LogP contribution in [0.1, 0.15) is 16.1 Å². The van der Waals surface area contributed by atoms with Gasteiger partial charge in [-0.2, -0.15) is 0 Å². The minimum Gasteiger partial charge on any atom is -0.496 e. The van der Waals surface area contributed by atoms with Crippen LogP contribution in [0.3, 0.4) is 0 Å².